The maximum atomic E-state index is 13.5. The molecule has 1 aliphatic heterocycles. The highest BCUT2D eigenvalue weighted by atomic mass is 16.7. The molecule has 2 aromatic carbocycles. The molecule has 33 heavy (non-hydrogen) atoms. The van der Waals surface area contributed by atoms with E-state index in [1.807, 2.05) is 0 Å². The topological polar surface area (TPSA) is 157 Å². The van der Waals surface area contributed by atoms with Crippen LogP contribution in [0.15, 0.2) is 33.5 Å². The summed E-state index contributed by atoms with van der Waals surface area (Å²) in [5.41, 5.74) is -0.191. The molecule has 0 saturated carbocycles. The molecule has 178 valence electrons. The zero-order chi connectivity index (χ0) is 23.9. The molecule has 2 heterocycles. The smallest absolute Gasteiger partial charge is 0.229 e. The van der Waals surface area contributed by atoms with Crippen LogP contribution < -0.4 is 24.4 Å². The molecule has 0 radical (unpaired) electrons. The van der Waals surface area contributed by atoms with Crippen LogP contribution in [0.4, 0.5) is 0 Å². The lowest BCUT2D eigenvalue weighted by Crippen LogP contribution is -2.60. The number of rotatable bonds is 6. The van der Waals surface area contributed by atoms with Crippen LogP contribution in [0, 0.1) is 0 Å². The molecule has 0 amide bonds. The lowest BCUT2D eigenvalue weighted by molar-refractivity contribution is -0.277. The van der Waals surface area contributed by atoms with Gasteiger partial charge in [0.25, 0.3) is 0 Å². The van der Waals surface area contributed by atoms with Crippen molar-refractivity contribution in [3.63, 3.8) is 0 Å². The summed E-state index contributed by atoms with van der Waals surface area (Å²) >= 11 is 0. The van der Waals surface area contributed by atoms with Gasteiger partial charge in [-0.25, -0.2) is 0 Å². The van der Waals surface area contributed by atoms with Crippen molar-refractivity contribution in [2.45, 2.75) is 30.7 Å². The molecule has 0 aliphatic carbocycles. The zero-order valence-electron chi connectivity index (χ0n) is 18.0. The fourth-order valence-corrected chi connectivity index (χ4v) is 3.83. The summed E-state index contributed by atoms with van der Waals surface area (Å²) in [4.78, 5) is 13.5. The lowest BCUT2D eigenvalue weighted by Gasteiger charge is -2.39. The number of methoxy groups -OCH3 is 3. The lowest BCUT2D eigenvalue weighted by atomic mass is 9.99. The molecule has 0 bridgehead atoms. The van der Waals surface area contributed by atoms with E-state index in [0.29, 0.717) is 5.75 Å². The van der Waals surface area contributed by atoms with Gasteiger partial charge in [-0.15, -0.1) is 0 Å². The van der Waals surface area contributed by atoms with E-state index in [9.17, 15) is 25.2 Å². The number of fused-ring (bicyclic) bond motifs is 2. The van der Waals surface area contributed by atoms with Crippen molar-refractivity contribution >= 4 is 21.9 Å². The summed E-state index contributed by atoms with van der Waals surface area (Å²) in [7, 11) is 4.15. The molecule has 1 fully saturated rings. The second-order valence-corrected chi connectivity index (χ2v) is 7.40. The minimum absolute atomic E-state index is 0.0107. The Labute approximate surface area is 187 Å². The molecule has 5 unspecified atom stereocenters. The Kier molecular flexibility index (Phi) is 6.32. The van der Waals surface area contributed by atoms with Crippen LogP contribution in [0.25, 0.3) is 21.9 Å². The van der Waals surface area contributed by atoms with Crippen molar-refractivity contribution in [2.24, 2.45) is 0 Å². The molecule has 11 heteroatoms. The van der Waals surface area contributed by atoms with Gasteiger partial charge in [0.2, 0.25) is 17.5 Å². The first-order valence-corrected chi connectivity index (χ1v) is 10.0. The van der Waals surface area contributed by atoms with Gasteiger partial charge in [-0.1, -0.05) is 6.07 Å². The van der Waals surface area contributed by atoms with Crippen molar-refractivity contribution in [2.75, 3.05) is 27.9 Å². The second-order valence-electron chi connectivity index (χ2n) is 7.40. The first kappa shape index (κ1) is 23.1. The minimum atomic E-state index is -1.71. The van der Waals surface area contributed by atoms with Gasteiger partial charge < -0.3 is 48.5 Å². The Bertz CT molecular complexity index is 1220. The van der Waals surface area contributed by atoms with E-state index in [4.69, 9.17) is 28.1 Å². The number of aliphatic hydroxyl groups excluding tert-OH is 4. The van der Waals surface area contributed by atoms with E-state index < -0.39 is 42.7 Å². The van der Waals surface area contributed by atoms with Gasteiger partial charge in [0.1, 0.15) is 35.4 Å². The van der Waals surface area contributed by atoms with Gasteiger partial charge >= 0.3 is 0 Å². The van der Waals surface area contributed by atoms with E-state index in [-0.39, 0.29) is 39.2 Å². The summed E-state index contributed by atoms with van der Waals surface area (Å²) in [6, 6.07) is 6.27. The molecule has 0 spiro atoms. The summed E-state index contributed by atoms with van der Waals surface area (Å²) < 4.78 is 33.3. The van der Waals surface area contributed by atoms with Gasteiger partial charge in [0.05, 0.1) is 33.3 Å². The standard InChI is InChI=1S/C22H24O11/c1-28-10-6-4-5-9-15(24)14-11(31-19(9)10)7-12(29-2)20(30-3)21(14)33-22-18(27)17(26)16(25)13(8-23)32-22/h4-7,13,16-18,22-23,25-27H,8H2,1-3H3. The number of ether oxygens (including phenoxy) is 5. The highest BCUT2D eigenvalue weighted by Gasteiger charge is 2.45. The van der Waals surface area contributed by atoms with Crippen LogP contribution >= 0.6 is 0 Å². The highest BCUT2D eigenvalue weighted by molar-refractivity contribution is 5.97. The van der Waals surface area contributed by atoms with Crippen LogP contribution in [-0.2, 0) is 4.74 Å². The number of benzene rings is 2. The summed E-state index contributed by atoms with van der Waals surface area (Å²) in [5.74, 6) is 0.339. The molecule has 1 aliphatic rings. The maximum absolute atomic E-state index is 13.5. The molecule has 4 rings (SSSR count). The Morgan fingerprint density at radius 3 is 2.30 bits per heavy atom. The predicted octanol–water partition coefficient (Wildman–Crippen LogP) is 0.151. The second kappa shape index (κ2) is 9.04. The highest BCUT2D eigenvalue weighted by Crippen LogP contribution is 2.44. The van der Waals surface area contributed by atoms with Crippen molar-refractivity contribution in [3.05, 3.63) is 34.5 Å². The van der Waals surface area contributed by atoms with Gasteiger partial charge in [0, 0.05) is 6.07 Å². The Hall–Kier alpha value is -3.09. The fraction of sp³-hybridized carbons (Fsp3) is 0.409. The van der Waals surface area contributed by atoms with Gasteiger partial charge in [-0.05, 0) is 12.1 Å². The van der Waals surface area contributed by atoms with E-state index in [2.05, 4.69) is 0 Å². The number of hydrogen-bond donors (Lipinski definition) is 4. The molecular weight excluding hydrogens is 440 g/mol. The molecule has 5 atom stereocenters. The largest absolute Gasteiger partial charge is 0.493 e. The quantitative estimate of drug-likeness (QED) is 0.368. The van der Waals surface area contributed by atoms with Gasteiger partial charge in [-0.2, -0.15) is 0 Å². The van der Waals surface area contributed by atoms with Crippen molar-refractivity contribution in [3.8, 4) is 23.0 Å². The number of para-hydroxylation sites is 1. The number of hydrogen-bond acceptors (Lipinski definition) is 11. The van der Waals surface area contributed by atoms with Crippen LogP contribution in [0.2, 0.25) is 0 Å². The van der Waals surface area contributed by atoms with E-state index in [1.54, 1.807) is 18.2 Å². The Morgan fingerprint density at radius 2 is 1.67 bits per heavy atom. The van der Waals surface area contributed by atoms with Crippen molar-refractivity contribution in [1.82, 2.24) is 0 Å². The molecule has 11 nitrogen and oxygen atoms in total. The predicted molar refractivity (Wildman–Crippen MR) is 114 cm³/mol. The summed E-state index contributed by atoms with van der Waals surface area (Å²) in [5, 5.41) is 40.2. The molecular formula is C22H24O11. The fourth-order valence-electron chi connectivity index (χ4n) is 3.83. The first-order chi connectivity index (χ1) is 15.9. The van der Waals surface area contributed by atoms with E-state index in [0.717, 1.165) is 0 Å². The van der Waals surface area contributed by atoms with Crippen molar-refractivity contribution < 1.29 is 48.5 Å². The molecule has 1 aromatic heterocycles. The number of aliphatic hydroxyl groups is 4. The van der Waals surface area contributed by atoms with Gasteiger partial charge in [0.15, 0.2) is 22.8 Å². The first-order valence-electron chi connectivity index (χ1n) is 10.0. The van der Waals surface area contributed by atoms with Gasteiger partial charge in [-0.3, -0.25) is 4.79 Å². The van der Waals surface area contributed by atoms with Crippen LogP contribution in [0.5, 0.6) is 23.0 Å². The Morgan fingerprint density at radius 1 is 0.939 bits per heavy atom. The normalized spacial score (nSPS) is 25.2. The molecule has 3 aromatic rings. The minimum Gasteiger partial charge on any atom is -0.493 e. The van der Waals surface area contributed by atoms with Crippen LogP contribution in [0.1, 0.15) is 0 Å². The summed E-state index contributed by atoms with van der Waals surface area (Å²) in [6.45, 7) is -0.645. The monoisotopic (exact) mass is 464 g/mol. The average Bonchev–Trinajstić information content (AvgIpc) is 2.83. The average molecular weight is 464 g/mol. The third-order valence-electron chi connectivity index (χ3n) is 5.55. The van der Waals surface area contributed by atoms with Crippen molar-refractivity contribution in [1.29, 1.82) is 0 Å². The third kappa shape index (κ3) is 3.73. The Balaban J connectivity index is 1.96. The molecule has 1 saturated heterocycles. The zero-order valence-corrected chi connectivity index (χ0v) is 18.0. The summed E-state index contributed by atoms with van der Waals surface area (Å²) in [6.07, 6.45) is -7.73. The maximum Gasteiger partial charge on any atom is 0.229 e. The van der Waals surface area contributed by atoms with E-state index in [1.165, 1.54) is 27.4 Å². The van der Waals surface area contributed by atoms with E-state index >= 15 is 0 Å². The molecule has 4 N–H and O–H groups in total. The third-order valence-corrected chi connectivity index (χ3v) is 5.55. The van der Waals surface area contributed by atoms with Crippen LogP contribution in [-0.4, -0.2) is 79.1 Å². The SMILES string of the molecule is COc1cc2oc3c(OC)cccc3c(=O)c2c(OC2OC(CO)C(O)C(O)C2O)c1OC. The van der Waals surface area contributed by atoms with Crippen LogP contribution in [0.3, 0.4) is 0 Å².